The highest BCUT2D eigenvalue weighted by Crippen LogP contribution is 2.13. The molecule has 0 saturated heterocycles. The first kappa shape index (κ1) is 15.6. The number of rotatable bonds is 6. The van der Waals surface area contributed by atoms with Crippen LogP contribution in [0.3, 0.4) is 0 Å². The molecule has 0 bridgehead atoms. The summed E-state index contributed by atoms with van der Waals surface area (Å²) in [6.07, 6.45) is -0.909. The summed E-state index contributed by atoms with van der Waals surface area (Å²) in [5, 5.41) is 8.73. The number of carbonyl (C=O) groups excluding carboxylic acids is 2. The van der Waals surface area contributed by atoms with Gasteiger partial charge in [0.1, 0.15) is 6.61 Å². The molecule has 0 heterocycles. The zero-order chi connectivity index (χ0) is 15.2. The number of nitrogens with two attached hydrogens (primary N) is 1. The molecule has 0 aromatic heterocycles. The Bertz CT molecular complexity index is 501. The van der Waals surface area contributed by atoms with Gasteiger partial charge in [-0.2, -0.15) is 0 Å². The molecule has 0 spiro atoms. The summed E-state index contributed by atoms with van der Waals surface area (Å²) in [5.74, 6) is -3.71. The summed E-state index contributed by atoms with van der Waals surface area (Å²) in [6.45, 7) is -0.116. The highest BCUT2D eigenvalue weighted by atomic mass is 16.6. The van der Waals surface area contributed by atoms with Crippen LogP contribution < -0.4 is 5.73 Å². The molecular weight excluding hydrogens is 266 g/mol. The van der Waals surface area contributed by atoms with E-state index < -0.39 is 29.9 Å². The van der Waals surface area contributed by atoms with Crippen molar-refractivity contribution in [3.05, 3.63) is 35.9 Å². The largest absolute Gasteiger partial charge is 0.481 e. The van der Waals surface area contributed by atoms with Crippen LogP contribution in [0.5, 0.6) is 0 Å². The zero-order valence-corrected chi connectivity index (χ0v) is 10.9. The summed E-state index contributed by atoms with van der Waals surface area (Å²) >= 11 is 0. The Balaban J connectivity index is 2.78. The van der Waals surface area contributed by atoms with Crippen molar-refractivity contribution >= 4 is 17.9 Å². The minimum absolute atomic E-state index is 0.116. The molecule has 0 aliphatic rings. The summed E-state index contributed by atoms with van der Waals surface area (Å²) in [4.78, 5) is 34.1. The van der Waals surface area contributed by atoms with E-state index in [1.165, 1.54) is 0 Å². The Kier molecular flexibility index (Phi) is 5.22. The van der Waals surface area contributed by atoms with Crippen LogP contribution in [0.4, 0.5) is 0 Å². The second kappa shape index (κ2) is 6.67. The molecule has 108 valence electrons. The van der Waals surface area contributed by atoms with Crippen LogP contribution in [0.25, 0.3) is 0 Å². The van der Waals surface area contributed by atoms with Gasteiger partial charge in [0, 0.05) is 0 Å². The maximum atomic E-state index is 11.9. The Morgan fingerprint density at radius 1 is 1.20 bits per heavy atom. The third-order valence-corrected chi connectivity index (χ3v) is 2.56. The van der Waals surface area contributed by atoms with Crippen LogP contribution >= 0.6 is 0 Å². The number of hydrogen-bond acceptors (Lipinski definition) is 6. The number of carboxylic acids is 1. The average molecular weight is 281 g/mol. The summed E-state index contributed by atoms with van der Waals surface area (Å²) in [6, 6.07) is 8.70. The predicted molar refractivity (Wildman–Crippen MR) is 67.4 cm³/mol. The molecule has 0 fully saturated rings. The summed E-state index contributed by atoms with van der Waals surface area (Å²) < 4.78 is 9.25. The van der Waals surface area contributed by atoms with Crippen LogP contribution in [-0.2, 0) is 30.5 Å². The van der Waals surface area contributed by atoms with Gasteiger partial charge in [-0.1, -0.05) is 30.3 Å². The number of aliphatic carboxylic acids is 1. The SMILES string of the molecule is COC(=O)[C@@](N)(CC(=O)O)C(=O)OCc1ccccc1. The number of esters is 2. The molecular formula is C13H15NO6. The monoisotopic (exact) mass is 281 g/mol. The second-order valence-corrected chi connectivity index (χ2v) is 4.10. The Morgan fingerprint density at radius 2 is 1.80 bits per heavy atom. The third-order valence-electron chi connectivity index (χ3n) is 2.56. The van der Waals surface area contributed by atoms with Crippen molar-refractivity contribution in [1.29, 1.82) is 0 Å². The van der Waals surface area contributed by atoms with E-state index in [1.54, 1.807) is 30.3 Å². The number of hydrogen-bond donors (Lipinski definition) is 2. The second-order valence-electron chi connectivity index (χ2n) is 4.10. The van der Waals surface area contributed by atoms with Gasteiger partial charge in [0.2, 0.25) is 5.54 Å². The number of ether oxygens (including phenoxy) is 2. The standard InChI is InChI=1S/C13H15NO6/c1-19-11(17)13(14,7-10(15)16)12(18)20-8-9-5-3-2-4-6-9/h2-6H,7-8,14H2,1H3,(H,15,16)/t13-/m0/s1. The fourth-order valence-electron chi connectivity index (χ4n) is 1.50. The predicted octanol–water partition coefficient (Wildman–Crippen LogP) is 0.0750. The lowest BCUT2D eigenvalue weighted by atomic mass is 9.97. The molecule has 7 nitrogen and oxygen atoms in total. The molecule has 1 rings (SSSR count). The smallest absolute Gasteiger partial charge is 0.338 e. The van der Waals surface area contributed by atoms with Crippen LogP contribution in [0.2, 0.25) is 0 Å². The summed E-state index contributed by atoms with van der Waals surface area (Å²) in [7, 11) is 1.01. The molecule has 20 heavy (non-hydrogen) atoms. The normalized spacial score (nSPS) is 13.1. The van der Waals surface area contributed by atoms with Gasteiger partial charge >= 0.3 is 17.9 Å². The molecule has 0 radical (unpaired) electrons. The van der Waals surface area contributed by atoms with Crippen molar-refractivity contribution < 1.29 is 29.0 Å². The van der Waals surface area contributed by atoms with Gasteiger partial charge < -0.3 is 20.3 Å². The molecule has 0 aliphatic heterocycles. The number of carboxylic acid groups (broad SMARTS) is 1. The van der Waals surface area contributed by atoms with Gasteiger partial charge in [0.25, 0.3) is 0 Å². The highest BCUT2D eigenvalue weighted by Gasteiger charge is 2.47. The molecule has 7 heteroatoms. The third kappa shape index (κ3) is 3.79. The van der Waals surface area contributed by atoms with Crippen LogP contribution in [-0.4, -0.2) is 35.7 Å². The van der Waals surface area contributed by atoms with Gasteiger partial charge in [-0.25, -0.2) is 9.59 Å². The van der Waals surface area contributed by atoms with Gasteiger partial charge in [0.05, 0.1) is 13.5 Å². The van der Waals surface area contributed by atoms with Crippen molar-refractivity contribution in [3.8, 4) is 0 Å². The van der Waals surface area contributed by atoms with Crippen molar-refractivity contribution in [3.63, 3.8) is 0 Å². The van der Waals surface area contributed by atoms with Crippen molar-refractivity contribution in [2.75, 3.05) is 7.11 Å². The summed E-state index contributed by atoms with van der Waals surface area (Å²) in [5.41, 5.74) is 3.86. The zero-order valence-electron chi connectivity index (χ0n) is 10.9. The van der Waals surface area contributed by atoms with Gasteiger partial charge in [-0.3, -0.25) is 4.79 Å². The fraction of sp³-hybridized carbons (Fsp3) is 0.308. The molecule has 3 N–H and O–H groups in total. The number of benzene rings is 1. The van der Waals surface area contributed by atoms with Gasteiger partial charge in [0.15, 0.2) is 0 Å². The van der Waals surface area contributed by atoms with E-state index in [1.807, 2.05) is 0 Å². The minimum Gasteiger partial charge on any atom is -0.481 e. The first-order valence-corrected chi connectivity index (χ1v) is 5.70. The van der Waals surface area contributed by atoms with E-state index in [2.05, 4.69) is 4.74 Å². The molecule has 0 amide bonds. The molecule has 1 aromatic rings. The van der Waals surface area contributed by atoms with E-state index >= 15 is 0 Å². The van der Waals surface area contributed by atoms with Crippen molar-refractivity contribution in [1.82, 2.24) is 0 Å². The lowest BCUT2D eigenvalue weighted by molar-refractivity contribution is -0.167. The fourth-order valence-corrected chi connectivity index (χ4v) is 1.50. The highest BCUT2D eigenvalue weighted by molar-refractivity contribution is 6.07. The molecule has 0 saturated carbocycles. The quantitative estimate of drug-likeness (QED) is 0.560. The van der Waals surface area contributed by atoms with Crippen LogP contribution in [0, 0.1) is 0 Å². The maximum Gasteiger partial charge on any atom is 0.338 e. The topological polar surface area (TPSA) is 116 Å². The van der Waals surface area contributed by atoms with Crippen molar-refractivity contribution in [2.24, 2.45) is 5.73 Å². The van der Waals surface area contributed by atoms with Crippen LogP contribution in [0.1, 0.15) is 12.0 Å². The van der Waals surface area contributed by atoms with Crippen molar-refractivity contribution in [2.45, 2.75) is 18.6 Å². The number of methoxy groups -OCH3 is 1. The lowest BCUT2D eigenvalue weighted by Crippen LogP contribution is -2.57. The maximum absolute atomic E-state index is 11.9. The minimum atomic E-state index is -2.35. The number of carbonyl (C=O) groups is 3. The Hall–Kier alpha value is -2.41. The molecule has 0 unspecified atom stereocenters. The molecule has 1 atom stereocenters. The molecule has 1 aromatic carbocycles. The average Bonchev–Trinajstić information content (AvgIpc) is 2.43. The van der Waals surface area contributed by atoms with E-state index in [0.29, 0.717) is 5.56 Å². The van der Waals surface area contributed by atoms with Gasteiger partial charge in [-0.05, 0) is 5.56 Å². The van der Waals surface area contributed by atoms with E-state index in [9.17, 15) is 14.4 Å². The first-order valence-electron chi connectivity index (χ1n) is 5.70. The van der Waals surface area contributed by atoms with E-state index in [-0.39, 0.29) is 6.61 Å². The van der Waals surface area contributed by atoms with E-state index in [0.717, 1.165) is 7.11 Å². The Morgan fingerprint density at radius 3 is 2.30 bits per heavy atom. The Labute approximate surface area is 115 Å². The first-order chi connectivity index (χ1) is 9.40. The van der Waals surface area contributed by atoms with Crippen LogP contribution in [0.15, 0.2) is 30.3 Å². The van der Waals surface area contributed by atoms with E-state index in [4.69, 9.17) is 15.6 Å². The van der Waals surface area contributed by atoms with Gasteiger partial charge in [-0.15, -0.1) is 0 Å². The molecule has 0 aliphatic carbocycles. The lowest BCUT2D eigenvalue weighted by Gasteiger charge is -2.22.